The highest BCUT2D eigenvalue weighted by atomic mass is 19.1. The molecule has 1 aliphatic rings. The van der Waals surface area contributed by atoms with E-state index < -0.39 is 5.97 Å². The fraction of sp³-hybridized carbons (Fsp3) is 0.176. The zero-order valence-corrected chi connectivity index (χ0v) is 11.8. The molecule has 22 heavy (non-hydrogen) atoms. The molecule has 112 valence electrons. The van der Waals surface area contributed by atoms with Crippen molar-refractivity contribution >= 4 is 17.6 Å². The highest BCUT2D eigenvalue weighted by Crippen LogP contribution is 2.29. The second kappa shape index (κ2) is 5.60. The van der Waals surface area contributed by atoms with E-state index in [4.69, 9.17) is 5.11 Å². The van der Waals surface area contributed by atoms with Crippen molar-refractivity contribution in [2.45, 2.75) is 12.8 Å². The summed E-state index contributed by atoms with van der Waals surface area (Å²) in [4.78, 5) is 25.2. The molecule has 4 nitrogen and oxygen atoms in total. The number of aryl methyl sites for hydroxylation is 1. The average Bonchev–Trinajstić information content (AvgIpc) is 2.53. The molecular weight excluding hydrogens is 285 g/mol. The molecule has 2 aromatic carbocycles. The summed E-state index contributed by atoms with van der Waals surface area (Å²) in [5, 5.41) is 9.05. The lowest BCUT2D eigenvalue weighted by atomic mass is 9.98. The molecule has 1 N–H and O–H groups in total. The molecule has 0 spiro atoms. The van der Waals surface area contributed by atoms with Crippen LogP contribution in [0.1, 0.15) is 32.7 Å². The molecule has 1 amide bonds. The van der Waals surface area contributed by atoms with Gasteiger partial charge in [-0.1, -0.05) is 0 Å². The Kier molecular flexibility index (Phi) is 3.63. The van der Waals surface area contributed by atoms with Crippen LogP contribution in [-0.2, 0) is 6.42 Å². The lowest BCUT2D eigenvalue weighted by molar-refractivity contribution is 0.0696. The largest absolute Gasteiger partial charge is 0.478 e. The number of fused-ring (bicyclic) bond motifs is 1. The van der Waals surface area contributed by atoms with Crippen LogP contribution in [0.5, 0.6) is 0 Å². The van der Waals surface area contributed by atoms with Crippen molar-refractivity contribution in [2.75, 3.05) is 11.4 Å². The van der Waals surface area contributed by atoms with Gasteiger partial charge in [0.1, 0.15) is 5.82 Å². The van der Waals surface area contributed by atoms with Gasteiger partial charge in [-0.25, -0.2) is 9.18 Å². The Morgan fingerprint density at radius 1 is 1.05 bits per heavy atom. The number of carbonyl (C=O) groups excluding carboxylic acids is 1. The standard InChI is InChI=1S/C17H14FNO3/c18-14-6-3-11(4-7-14)16(20)19-9-1-2-12-10-13(17(21)22)5-8-15(12)19/h3-8,10H,1-2,9H2,(H,21,22). The molecule has 0 bridgehead atoms. The molecule has 0 saturated heterocycles. The summed E-state index contributed by atoms with van der Waals surface area (Å²) < 4.78 is 13.0. The van der Waals surface area contributed by atoms with Gasteiger partial charge in [0.25, 0.3) is 5.91 Å². The maximum absolute atomic E-state index is 13.0. The zero-order valence-electron chi connectivity index (χ0n) is 11.8. The second-order valence-electron chi connectivity index (χ2n) is 5.22. The smallest absolute Gasteiger partial charge is 0.335 e. The molecule has 0 unspecified atom stereocenters. The fourth-order valence-electron chi connectivity index (χ4n) is 2.69. The van der Waals surface area contributed by atoms with Crippen LogP contribution in [0.3, 0.4) is 0 Å². The Balaban J connectivity index is 1.96. The molecule has 1 heterocycles. The number of halogens is 1. The molecule has 1 aliphatic heterocycles. The van der Waals surface area contributed by atoms with Crippen molar-refractivity contribution in [3.05, 3.63) is 65.0 Å². The van der Waals surface area contributed by atoms with Gasteiger partial charge in [-0.2, -0.15) is 0 Å². The second-order valence-corrected chi connectivity index (χ2v) is 5.22. The van der Waals surface area contributed by atoms with E-state index in [1.807, 2.05) is 0 Å². The zero-order chi connectivity index (χ0) is 15.7. The first kappa shape index (κ1) is 14.3. The topological polar surface area (TPSA) is 57.6 Å². The number of aromatic carboxylic acids is 1. The third-order valence-electron chi connectivity index (χ3n) is 3.78. The summed E-state index contributed by atoms with van der Waals surface area (Å²) >= 11 is 0. The molecule has 5 heteroatoms. The van der Waals surface area contributed by atoms with Crippen LogP contribution in [0.4, 0.5) is 10.1 Å². The van der Waals surface area contributed by atoms with Crippen molar-refractivity contribution in [1.82, 2.24) is 0 Å². The van der Waals surface area contributed by atoms with Crippen molar-refractivity contribution in [3.63, 3.8) is 0 Å². The normalized spacial score (nSPS) is 13.6. The molecule has 0 aliphatic carbocycles. The first-order valence-corrected chi connectivity index (χ1v) is 7.00. The monoisotopic (exact) mass is 299 g/mol. The molecule has 0 atom stereocenters. The maximum atomic E-state index is 13.0. The lowest BCUT2D eigenvalue weighted by Crippen LogP contribution is -2.35. The van der Waals surface area contributed by atoms with Gasteiger partial charge in [0.15, 0.2) is 0 Å². The molecular formula is C17H14FNO3. The summed E-state index contributed by atoms with van der Waals surface area (Å²) in [6.07, 6.45) is 1.51. The van der Waals surface area contributed by atoms with Gasteiger partial charge < -0.3 is 10.0 Å². The van der Waals surface area contributed by atoms with Gasteiger partial charge in [0.2, 0.25) is 0 Å². The number of anilines is 1. The van der Waals surface area contributed by atoms with Gasteiger partial charge in [-0.3, -0.25) is 4.79 Å². The SMILES string of the molecule is O=C(O)c1ccc2c(c1)CCCN2C(=O)c1ccc(F)cc1. The Labute approximate surface area is 126 Å². The number of amides is 1. The van der Waals surface area contributed by atoms with Crippen LogP contribution in [0.2, 0.25) is 0 Å². The minimum absolute atomic E-state index is 0.205. The Hall–Kier alpha value is -2.69. The highest BCUT2D eigenvalue weighted by molar-refractivity contribution is 6.07. The van der Waals surface area contributed by atoms with Gasteiger partial charge in [-0.15, -0.1) is 0 Å². The van der Waals surface area contributed by atoms with E-state index in [-0.39, 0.29) is 17.3 Å². The molecule has 0 radical (unpaired) electrons. The highest BCUT2D eigenvalue weighted by Gasteiger charge is 2.24. The third-order valence-corrected chi connectivity index (χ3v) is 3.78. The number of nitrogens with zero attached hydrogens (tertiary/aromatic N) is 1. The molecule has 3 rings (SSSR count). The number of hydrogen-bond acceptors (Lipinski definition) is 2. The van der Waals surface area contributed by atoms with E-state index in [0.717, 1.165) is 24.1 Å². The quantitative estimate of drug-likeness (QED) is 0.927. The van der Waals surface area contributed by atoms with Crippen molar-refractivity contribution < 1.29 is 19.1 Å². The van der Waals surface area contributed by atoms with E-state index >= 15 is 0 Å². The molecule has 2 aromatic rings. The molecule has 0 fully saturated rings. The summed E-state index contributed by atoms with van der Waals surface area (Å²) in [6.45, 7) is 0.565. The Bertz CT molecular complexity index is 740. The van der Waals surface area contributed by atoms with Gasteiger partial charge in [0, 0.05) is 17.8 Å². The summed E-state index contributed by atoms with van der Waals surface area (Å²) in [6, 6.07) is 10.2. The summed E-state index contributed by atoms with van der Waals surface area (Å²) in [5.74, 6) is -1.57. The number of rotatable bonds is 2. The summed E-state index contributed by atoms with van der Waals surface area (Å²) in [5.41, 5.74) is 2.21. The van der Waals surface area contributed by atoms with E-state index in [9.17, 15) is 14.0 Å². The molecule has 0 aromatic heterocycles. The number of carboxylic acid groups (broad SMARTS) is 1. The number of carbonyl (C=O) groups is 2. The van der Waals surface area contributed by atoms with Crippen LogP contribution in [0.25, 0.3) is 0 Å². The number of benzene rings is 2. The van der Waals surface area contributed by atoms with Crippen LogP contribution in [-0.4, -0.2) is 23.5 Å². The van der Waals surface area contributed by atoms with E-state index in [1.165, 1.54) is 30.3 Å². The summed E-state index contributed by atoms with van der Waals surface area (Å²) in [7, 11) is 0. The van der Waals surface area contributed by atoms with Crippen LogP contribution in [0.15, 0.2) is 42.5 Å². The third kappa shape index (κ3) is 2.57. The first-order chi connectivity index (χ1) is 10.6. The van der Waals surface area contributed by atoms with Crippen molar-refractivity contribution in [3.8, 4) is 0 Å². The minimum Gasteiger partial charge on any atom is -0.478 e. The van der Waals surface area contributed by atoms with Gasteiger partial charge >= 0.3 is 5.97 Å². The van der Waals surface area contributed by atoms with E-state index in [2.05, 4.69) is 0 Å². The van der Waals surface area contributed by atoms with Crippen LogP contribution >= 0.6 is 0 Å². The number of hydrogen-bond donors (Lipinski definition) is 1. The lowest BCUT2D eigenvalue weighted by Gasteiger charge is -2.29. The predicted molar refractivity (Wildman–Crippen MR) is 79.8 cm³/mol. The number of carboxylic acids is 1. The Morgan fingerprint density at radius 2 is 1.73 bits per heavy atom. The first-order valence-electron chi connectivity index (χ1n) is 7.00. The predicted octanol–water partition coefficient (Wildman–Crippen LogP) is 3.12. The van der Waals surface area contributed by atoms with E-state index in [0.29, 0.717) is 12.1 Å². The maximum Gasteiger partial charge on any atom is 0.335 e. The Morgan fingerprint density at radius 3 is 2.41 bits per heavy atom. The van der Waals surface area contributed by atoms with Crippen molar-refractivity contribution in [2.24, 2.45) is 0 Å². The van der Waals surface area contributed by atoms with E-state index in [1.54, 1.807) is 17.0 Å². The van der Waals surface area contributed by atoms with Gasteiger partial charge in [0.05, 0.1) is 5.56 Å². The average molecular weight is 299 g/mol. The fourth-order valence-corrected chi connectivity index (χ4v) is 2.69. The molecule has 0 saturated carbocycles. The minimum atomic E-state index is -0.982. The van der Waals surface area contributed by atoms with Crippen LogP contribution < -0.4 is 4.90 Å². The van der Waals surface area contributed by atoms with Gasteiger partial charge in [-0.05, 0) is 60.9 Å². The van der Waals surface area contributed by atoms with Crippen molar-refractivity contribution in [1.29, 1.82) is 0 Å². The van der Waals surface area contributed by atoms with Crippen LogP contribution in [0, 0.1) is 5.82 Å².